The van der Waals surface area contributed by atoms with Gasteiger partial charge in [-0.2, -0.15) is 0 Å². The molecule has 0 bridgehead atoms. The van der Waals surface area contributed by atoms with E-state index < -0.39 is 5.60 Å². The first-order chi connectivity index (χ1) is 4.94. The first-order valence-electron chi connectivity index (χ1n) is 3.68. The minimum Gasteiger partial charge on any atom is -0.384 e. The van der Waals surface area contributed by atoms with Crippen molar-refractivity contribution in [2.75, 3.05) is 0 Å². The Bertz CT molecular complexity index is 226. The summed E-state index contributed by atoms with van der Waals surface area (Å²) in [4.78, 5) is 0.0417. The van der Waals surface area contributed by atoms with E-state index in [0.29, 0.717) is 0 Å². The van der Waals surface area contributed by atoms with Crippen LogP contribution in [0.25, 0.3) is 0 Å². The summed E-state index contributed by atoms with van der Waals surface area (Å²) in [5, 5.41) is 9.87. The minimum atomic E-state index is -0.723. The molecule has 1 rings (SSSR count). The zero-order chi connectivity index (χ0) is 8.65. The number of rotatable bonds is 0. The fourth-order valence-electron chi connectivity index (χ4n) is 1.15. The largest absolute Gasteiger partial charge is 0.384 e. The average Bonchev–Trinajstić information content (AvgIpc) is 1.84. The zero-order valence-electron chi connectivity index (χ0n) is 7.06. The van der Waals surface area contributed by atoms with E-state index in [-0.39, 0.29) is 4.83 Å². The van der Waals surface area contributed by atoms with Gasteiger partial charge in [-0.25, -0.2) is 0 Å². The molecule has 0 saturated carbocycles. The Balaban J connectivity index is 3.01. The third-order valence-electron chi connectivity index (χ3n) is 2.19. The molecule has 1 N–H and O–H groups in total. The second-order valence-corrected chi connectivity index (χ2v) is 4.27. The van der Waals surface area contributed by atoms with Crippen molar-refractivity contribution < 1.29 is 5.11 Å². The third kappa shape index (κ3) is 1.57. The van der Waals surface area contributed by atoms with Crippen molar-refractivity contribution in [2.45, 2.75) is 31.2 Å². The highest BCUT2D eigenvalue weighted by atomic mass is 79.9. The molecule has 0 radical (unpaired) electrons. The smallest absolute Gasteiger partial charge is 0.0988 e. The lowest BCUT2D eigenvalue weighted by molar-refractivity contribution is 0.107. The van der Waals surface area contributed by atoms with Gasteiger partial charge in [0.2, 0.25) is 0 Å². The fraction of sp³-hybridized carbons (Fsp3) is 0.556. The molecular weight excluding hydrogens is 204 g/mol. The predicted octanol–water partition coefficient (Wildman–Crippen LogP) is 2.41. The Labute approximate surface area is 75.9 Å². The van der Waals surface area contributed by atoms with Crippen molar-refractivity contribution in [1.82, 2.24) is 0 Å². The Morgan fingerprint density at radius 3 is 2.55 bits per heavy atom. The quantitative estimate of drug-likeness (QED) is 0.617. The van der Waals surface area contributed by atoms with E-state index in [1.807, 2.05) is 32.9 Å². The maximum absolute atomic E-state index is 9.87. The van der Waals surface area contributed by atoms with Gasteiger partial charge in [-0.15, -0.1) is 0 Å². The maximum atomic E-state index is 9.87. The van der Waals surface area contributed by atoms with Gasteiger partial charge in [0, 0.05) is 0 Å². The minimum absolute atomic E-state index is 0.0417. The van der Waals surface area contributed by atoms with Crippen LogP contribution < -0.4 is 0 Å². The van der Waals surface area contributed by atoms with E-state index in [0.717, 1.165) is 5.57 Å². The summed E-state index contributed by atoms with van der Waals surface area (Å²) < 4.78 is 0. The molecule has 2 atom stereocenters. The van der Waals surface area contributed by atoms with E-state index in [1.54, 1.807) is 0 Å². The molecule has 0 aromatic carbocycles. The Morgan fingerprint density at radius 2 is 2.09 bits per heavy atom. The lowest BCUT2D eigenvalue weighted by Gasteiger charge is -2.31. The van der Waals surface area contributed by atoms with Crippen LogP contribution >= 0.6 is 15.9 Å². The number of hydrogen-bond donors (Lipinski definition) is 1. The number of aliphatic hydroxyl groups is 1. The van der Waals surface area contributed by atoms with Crippen LogP contribution in [0.2, 0.25) is 0 Å². The zero-order valence-corrected chi connectivity index (χ0v) is 8.64. The van der Waals surface area contributed by atoms with Crippen molar-refractivity contribution >= 4 is 15.9 Å². The first kappa shape index (κ1) is 9.01. The van der Waals surface area contributed by atoms with Crippen LogP contribution in [0.1, 0.15) is 20.8 Å². The van der Waals surface area contributed by atoms with E-state index in [1.165, 1.54) is 5.57 Å². The Hall–Kier alpha value is -0.0800. The summed E-state index contributed by atoms with van der Waals surface area (Å²) in [5.41, 5.74) is 1.50. The summed E-state index contributed by atoms with van der Waals surface area (Å²) in [6, 6.07) is 0. The fourth-order valence-corrected chi connectivity index (χ4v) is 1.92. The number of halogens is 1. The molecule has 0 aromatic heterocycles. The van der Waals surface area contributed by atoms with Crippen molar-refractivity contribution in [2.24, 2.45) is 0 Å². The van der Waals surface area contributed by atoms with Crippen molar-refractivity contribution in [3.8, 4) is 0 Å². The Kier molecular flexibility index (Phi) is 2.26. The molecule has 0 spiro atoms. The van der Waals surface area contributed by atoms with Gasteiger partial charge in [-0.3, -0.25) is 0 Å². The third-order valence-corrected chi connectivity index (χ3v) is 3.34. The summed E-state index contributed by atoms with van der Waals surface area (Å²) in [6.45, 7) is 5.80. The van der Waals surface area contributed by atoms with Gasteiger partial charge >= 0.3 is 0 Å². The highest BCUT2D eigenvalue weighted by Crippen LogP contribution is 2.32. The van der Waals surface area contributed by atoms with Crippen molar-refractivity contribution in [1.29, 1.82) is 0 Å². The maximum Gasteiger partial charge on any atom is 0.0988 e. The number of alkyl halides is 1. The van der Waals surface area contributed by atoms with Crippen LogP contribution in [-0.2, 0) is 0 Å². The lowest BCUT2D eigenvalue weighted by Crippen LogP contribution is -2.37. The highest BCUT2D eigenvalue weighted by Gasteiger charge is 2.32. The molecule has 1 aliphatic carbocycles. The molecule has 0 heterocycles. The van der Waals surface area contributed by atoms with E-state index in [9.17, 15) is 5.11 Å². The van der Waals surface area contributed by atoms with E-state index >= 15 is 0 Å². The van der Waals surface area contributed by atoms with Crippen LogP contribution in [0.4, 0.5) is 0 Å². The molecule has 0 fully saturated rings. The molecule has 0 saturated heterocycles. The van der Waals surface area contributed by atoms with Crippen LogP contribution in [-0.4, -0.2) is 15.5 Å². The summed E-state index contributed by atoms with van der Waals surface area (Å²) in [6.07, 6.45) is 4.03. The SMILES string of the molecule is CC1=CC(Br)C(C)(O)C(C)=C1. The number of hydrogen-bond acceptors (Lipinski definition) is 1. The molecule has 1 aliphatic rings. The summed E-state index contributed by atoms with van der Waals surface area (Å²) in [7, 11) is 0. The van der Waals surface area contributed by atoms with Gasteiger partial charge in [0.1, 0.15) is 0 Å². The van der Waals surface area contributed by atoms with Crippen molar-refractivity contribution in [3.63, 3.8) is 0 Å². The standard InChI is InChI=1S/C9H13BrO/c1-6-4-7(2)9(3,11)8(10)5-6/h4-5,8,11H,1-3H3. The summed E-state index contributed by atoms with van der Waals surface area (Å²) in [5.74, 6) is 0. The topological polar surface area (TPSA) is 20.2 Å². The number of allylic oxidation sites excluding steroid dienone is 2. The van der Waals surface area contributed by atoms with Gasteiger partial charge < -0.3 is 5.11 Å². The van der Waals surface area contributed by atoms with Gasteiger partial charge in [0.15, 0.2) is 0 Å². The molecule has 0 aliphatic heterocycles. The van der Waals surface area contributed by atoms with Crippen LogP contribution in [0.15, 0.2) is 23.3 Å². The van der Waals surface area contributed by atoms with Gasteiger partial charge in [0.05, 0.1) is 10.4 Å². The first-order valence-corrected chi connectivity index (χ1v) is 4.60. The Morgan fingerprint density at radius 1 is 1.55 bits per heavy atom. The molecular formula is C9H13BrO. The molecule has 0 amide bonds. The van der Waals surface area contributed by atoms with Gasteiger partial charge in [-0.05, 0) is 26.3 Å². The second-order valence-electron chi connectivity index (χ2n) is 3.29. The van der Waals surface area contributed by atoms with Crippen LogP contribution in [0, 0.1) is 0 Å². The summed E-state index contributed by atoms with van der Waals surface area (Å²) >= 11 is 3.42. The molecule has 2 unspecified atom stereocenters. The van der Waals surface area contributed by atoms with Crippen LogP contribution in [0.3, 0.4) is 0 Å². The molecule has 62 valence electrons. The molecule has 2 heteroatoms. The normalized spacial score (nSPS) is 38.1. The van der Waals surface area contributed by atoms with Crippen LogP contribution in [0.5, 0.6) is 0 Å². The molecule has 1 nitrogen and oxygen atoms in total. The highest BCUT2D eigenvalue weighted by molar-refractivity contribution is 9.09. The monoisotopic (exact) mass is 216 g/mol. The van der Waals surface area contributed by atoms with E-state index in [2.05, 4.69) is 15.9 Å². The average molecular weight is 217 g/mol. The predicted molar refractivity (Wildman–Crippen MR) is 50.9 cm³/mol. The van der Waals surface area contributed by atoms with E-state index in [4.69, 9.17) is 0 Å². The second kappa shape index (κ2) is 2.76. The van der Waals surface area contributed by atoms with Gasteiger partial charge in [-0.1, -0.05) is 33.7 Å². The van der Waals surface area contributed by atoms with Gasteiger partial charge in [0.25, 0.3) is 0 Å². The lowest BCUT2D eigenvalue weighted by atomic mass is 9.87. The van der Waals surface area contributed by atoms with Crippen molar-refractivity contribution in [3.05, 3.63) is 23.3 Å². The molecule has 0 aromatic rings. The molecule has 11 heavy (non-hydrogen) atoms.